The van der Waals surface area contributed by atoms with E-state index in [9.17, 15) is 13.0 Å². The SMILES string of the molecule is CN(C)CCCCCCCCCSS(=O)(=O)[O-].[Na+]. The molecule has 0 saturated carbocycles. The van der Waals surface area contributed by atoms with Gasteiger partial charge in [-0.3, -0.25) is 0 Å². The summed E-state index contributed by atoms with van der Waals surface area (Å²) < 4.78 is 30.9. The molecule has 0 fully saturated rings. The predicted molar refractivity (Wildman–Crippen MR) is 73.0 cm³/mol. The van der Waals surface area contributed by atoms with E-state index in [0.717, 1.165) is 25.8 Å². The summed E-state index contributed by atoms with van der Waals surface area (Å²) >= 11 is 0. The molecule has 0 radical (unpaired) electrons. The van der Waals surface area contributed by atoms with Crippen LogP contribution < -0.4 is 29.6 Å². The summed E-state index contributed by atoms with van der Waals surface area (Å²) in [6, 6.07) is 0. The van der Waals surface area contributed by atoms with Crippen molar-refractivity contribution < 1.29 is 42.5 Å². The smallest absolute Gasteiger partial charge is 0.739 e. The average molecular weight is 305 g/mol. The van der Waals surface area contributed by atoms with Crippen LogP contribution in [0.4, 0.5) is 0 Å². The minimum absolute atomic E-state index is 0. The van der Waals surface area contributed by atoms with Crippen molar-refractivity contribution in [2.75, 3.05) is 26.4 Å². The molecule has 0 aromatic heterocycles. The van der Waals surface area contributed by atoms with Crippen LogP contribution in [0.15, 0.2) is 0 Å². The molecule has 0 aliphatic heterocycles. The van der Waals surface area contributed by atoms with Gasteiger partial charge >= 0.3 is 29.6 Å². The second-order valence-electron chi connectivity index (χ2n) is 4.51. The second kappa shape index (κ2) is 13.2. The van der Waals surface area contributed by atoms with Gasteiger partial charge in [0.2, 0.25) is 0 Å². The Bertz CT molecular complexity index is 271. The number of hydrogen-bond acceptors (Lipinski definition) is 5. The Labute approximate surface area is 138 Å². The molecule has 0 spiro atoms. The van der Waals surface area contributed by atoms with Crippen molar-refractivity contribution in [1.29, 1.82) is 0 Å². The van der Waals surface area contributed by atoms with Crippen molar-refractivity contribution in [3.8, 4) is 0 Å². The van der Waals surface area contributed by atoms with E-state index in [1.807, 2.05) is 0 Å². The first kappa shape index (κ1) is 21.5. The summed E-state index contributed by atoms with van der Waals surface area (Å²) in [5, 5.41) is 0. The standard InChI is InChI=1S/C11H25NO3S2.Na/c1-12(2)10-8-6-4-3-5-7-9-11-16-17(13,14)15;/h3-11H2,1-2H3,(H,13,14,15);/q;+1/p-1. The molecular formula is C11H24NNaO3S2. The molecule has 0 aromatic rings. The minimum Gasteiger partial charge on any atom is -0.739 e. The Hall–Kier alpha value is 1.22. The molecule has 0 amide bonds. The van der Waals surface area contributed by atoms with Crippen molar-refractivity contribution in [2.24, 2.45) is 0 Å². The van der Waals surface area contributed by atoms with Crippen LogP contribution in [-0.4, -0.2) is 44.3 Å². The molecule has 0 unspecified atom stereocenters. The number of rotatable bonds is 11. The van der Waals surface area contributed by atoms with Gasteiger partial charge in [-0.25, -0.2) is 8.42 Å². The van der Waals surface area contributed by atoms with E-state index in [4.69, 9.17) is 0 Å². The quantitative estimate of drug-likeness (QED) is 0.222. The second-order valence-corrected chi connectivity index (χ2v) is 7.90. The van der Waals surface area contributed by atoms with Crippen molar-refractivity contribution in [3.63, 3.8) is 0 Å². The Balaban J connectivity index is 0. The zero-order valence-electron chi connectivity index (χ0n) is 11.9. The van der Waals surface area contributed by atoms with Gasteiger partial charge in [0.15, 0.2) is 0 Å². The average Bonchev–Trinajstić information content (AvgIpc) is 2.18. The molecule has 0 aliphatic carbocycles. The first-order chi connectivity index (χ1) is 7.92. The predicted octanol–water partition coefficient (Wildman–Crippen LogP) is -0.524. The monoisotopic (exact) mass is 305 g/mol. The fourth-order valence-corrected chi connectivity index (χ4v) is 3.07. The van der Waals surface area contributed by atoms with Gasteiger partial charge in [-0.15, -0.1) is 0 Å². The number of unbranched alkanes of at least 4 members (excludes halogenated alkanes) is 6. The molecule has 0 aliphatic rings. The summed E-state index contributed by atoms with van der Waals surface area (Å²) in [5.41, 5.74) is 0. The summed E-state index contributed by atoms with van der Waals surface area (Å²) in [6.45, 7) is 1.15. The molecule has 0 rings (SSSR count). The molecule has 0 bridgehead atoms. The van der Waals surface area contributed by atoms with E-state index < -0.39 is 9.15 Å². The summed E-state index contributed by atoms with van der Waals surface area (Å²) in [5.74, 6) is 0.437. The molecule has 0 heterocycles. The van der Waals surface area contributed by atoms with Crippen molar-refractivity contribution in [1.82, 2.24) is 4.90 Å². The van der Waals surface area contributed by atoms with E-state index in [1.165, 1.54) is 25.7 Å². The van der Waals surface area contributed by atoms with Crippen LogP contribution in [0.3, 0.4) is 0 Å². The van der Waals surface area contributed by atoms with Gasteiger partial charge in [0, 0.05) is 5.75 Å². The molecule has 0 N–H and O–H groups in total. The van der Waals surface area contributed by atoms with E-state index >= 15 is 0 Å². The molecule has 0 atom stereocenters. The summed E-state index contributed by atoms with van der Waals surface area (Å²) in [6.07, 6.45) is 7.96. The van der Waals surface area contributed by atoms with E-state index in [2.05, 4.69) is 19.0 Å². The van der Waals surface area contributed by atoms with Crippen LogP contribution in [0.5, 0.6) is 0 Å². The van der Waals surface area contributed by atoms with Crippen LogP contribution in [0.1, 0.15) is 44.9 Å². The Morgan fingerprint density at radius 1 is 0.944 bits per heavy atom. The Morgan fingerprint density at radius 2 is 1.39 bits per heavy atom. The molecule has 104 valence electrons. The normalized spacial score (nSPS) is 11.6. The fourth-order valence-electron chi connectivity index (χ4n) is 1.57. The fraction of sp³-hybridized carbons (Fsp3) is 1.00. The van der Waals surface area contributed by atoms with Gasteiger partial charge < -0.3 is 9.45 Å². The van der Waals surface area contributed by atoms with Crippen molar-refractivity contribution >= 4 is 19.9 Å². The largest absolute Gasteiger partial charge is 1.00 e. The van der Waals surface area contributed by atoms with Crippen molar-refractivity contribution in [3.05, 3.63) is 0 Å². The third-order valence-corrected chi connectivity index (χ3v) is 4.59. The Kier molecular flexibility index (Phi) is 15.8. The maximum atomic E-state index is 10.3. The van der Waals surface area contributed by atoms with Crippen LogP contribution in [-0.2, 0) is 9.15 Å². The third kappa shape index (κ3) is 19.6. The molecule has 7 heteroatoms. The van der Waals surface area contributed by atoms with Crippen LogP contribution in [0.2, 0.25) is 0 Å². The number of nitrogens with zero attached hydrogens (tertiary/aromatic N) is 1. The molecular weight excluding hydrogens is 281 g/mol. The van der Waals surface area contributed by atoms with E-state index in [0.29, 0.717) is 16.5 Å². The maximum Gasteiger partial charge on any atom is 1.00 e. The first-order valence-electron chi connectivity index (χ1n) is 6.17. The van der Waals surface area contributed by atoms with Gasteiger partial charge in [0.05, 0.1) is 0 Å². The zero-order chi connectivity index (χ0) is 13.1. The van der Waals surface area contributed by atoms with Crippen LogP contribution in [0.25, 0.3) is 0 Å². The summed E-state index contributed by atoms with van der Waals surface area (Å²) in [7, 11) is 0.615. The van der Waals surface area contributed by atoms with Gasteiger partial charge in [-0.05, 0) is 44.3 Å². The van der Waals surface area contributed by atoms with E-state index in [-0.39, 0.29) is 29.6 Å². The van der Waals surface area contributed by atoms with Crippen molar-refractivity contribution in [2.45, 2.75) is 44.9 Å². The first-order valence-corrected chi connectivity index (χ1v) is 9.08. The van der Waals surface area contributed by atoms with Gasteiger partial charge in [-0.1, -0.05) is 32.1 Å². The van der Waals surface area contributed by atoms with Gasteiger partial charge in [0.1, 0.15) is 9.15 Å². The topological polar surface area (TPSA) is 60.4 Å². The van der Waals surface area contributed by atoms with Crippen LogP contribution in [0, 0.1) is 0 Å². The molecule has 18 heavy (non-hydrogen) atoms. The Morgan fingerprint density at radius 3 is 1.83 bits per heavy atom. The van der Waals surface area contributed by atoms with Crippen LogP contribution >= 0.6 is 10.8 Å². The third-order valence-electron chi connectivity index (χ3n) is 2.48. The summed E-state index contributed by atoms with van der Waals surface area (Å²) in [4.78, 5) is 2.20. The molecule has 0 aromatic carbocycles. The zero-order valence-corrected chi connectivity index (χ0v) is 15.5. The van der Waals surface area contributed by atoms with Gasteiger partial charge in [0.25, 0.3) is 0 Å². The maximum absolute atomic E-state index is 10.3. The minimum atomic E-state index is -4.08. The van der Waals surface area contributed by atoms with Gasteiger partial charge in [-0.2, -0.15) is 0 Å². The number of hydrogen-bond donors (Lipinski definition) is 0. The molecule has 4 nitrogen and oxygen atoms in total. The molecule has 0 saturated heterocycles. The van der Waals surface area contributed by atoms with E-state index in [1.54, 1.807) is 0 Å².